The van der Waals surface area contributed by atoms with Crippen molar-refractivity contribution in [3.8, 4) is 17.9 Å². The number of hydrogen-bond acceptors (Lipinski definition) is 6. The fourth-order valence-corrected chi connectivity index (χ4v) is 2.04. The van der Waals surface area contributed by atoms with E-state index in [4.69, 9.17) is 15.3 Å². The molecular weight excluding hydrogens is 362 g/mol. The van der Waals surface area contributed by atoms with Crippen LogP contribution in [0.2, 0.25) is 0 Å². The molecule has 2 rings (SSSR count). The van der Waals surface area contributed by atoms with Gasteiger partial charge in [-0.3, -0.25) is 25.2 Å². The molecule has 0 aromatic heterocycles. The van der Waals surface area contributed by atoms with Crippen LogP contribution < -0.4 is 20.9 Å². The predicted octanol–water partition coefficient (Wildman–Crippen LogP) is 1.25. The molecule has 0 bridgehead atoms. The van der Waals surface area contributed by atoms with Crippen LogP contribution in [0.25, 0.3) is 0 Å². The van der Waals surface area contributed by atoms with Crippen molar-refractivity contribution in [2.75, 3.05) is 11.9 Å². The zero-order valence-electron chi connectivity index (χ0n) is 14.6. The number of carbonyl (C=O) groups is 3. The molecule has 140 valence electrons. The van der Waals surface area contributed by atoms with Crippen molar-refractivity contribution < 1.29 is 19.1 Å². The summed E-state index contributed by atoms with van der Waals surface area (Å²) < 4.78 is 5.25. The molecule has 9 heteroatoms. The molecular formula is C19H15N5O4. The van der Waals surface area contributed by atoms with E-state index in [2.05, 4.69) is 16.2 Å². The average molecular weight is 377 g/mol. The number of hydrazine groups is 1. The summed E-state index contributed by atoms with van der Waals surface area (Å²) in [6.07, 6.45) is -0.269. The molecule has 3 N–H and O–H groups in total. The Kier molecular flexibility index (Phi) is 7.08. The fraction of sp³-hybridized carbons (Fsp3) is 0.105. The second-order valence-electron chi connectivity index (χ2n) is 5.36. The summed E-state index contributed by atoms with van der Waals surface area (Å²) in [6, 6.07) is 16.0. The Morgan fingerprint density at radius 1 is 0.929 bits per heavy atom. The molecule has 2 aromatic carbocycles. The van der Waals surface area contributed by atoms with Gasteiger partial charge in [0.25, 0.3) is 11.8 Å². The third-order valence-electron chi connectivity index (χ3n) is 3.35. The van der Waals surface area contributed by atoms with Crippen LogP contribution in [0.4, 0.5) is 5.69 Å². The van der Waals surface area contributed by atoms with Crippen LogP contribution in [0.3, 0.4) is 0 Å². The predicted molar refractivity (Wildman–Crippen MR) is 97.6 cm³/mol. The molecule has 0 radical (unpaired) electrons. The number of ether oxygens (including phenoxy) is 1. The number of hydrogen-bond donors (Lipinski definition) is 3. The molecule has 9 nitrogen and oxygen atoms in total. The summed E-state index contributed by atoms with van der Waals surface area (Å²) in [6.45, 7) is -0.386. The van der Waals surface area contributed by atoms with Gasteiger partial charge in [-0.15, -0.1) is 0 Å². The first kappa shape index (κ1) is 19.9. The van der Waals surface area contributed by atoms with E-state index in [1.54, 1.807) is 30.3 Å². The topological polar surface area (TPSA) is 144 Å². The second kappa shape index (κ2) is 9.94. The fourth-order valence-electron chi connectivity index (χ4n) is 2.04. The van der Waals surface area contributed by atoms with Crippen LogP contribution in [0.15, 0.2) is 48.5 Å². The molecule has 0 aliphatic carbocycles. The quantitative estimate of drug-likeness (QED) is 0.646. The van der Waals surface area contributed by atoms with Crippen LogP contribution >= 0.6 is 0 Å². The van der Waals surface area contributed by atoms with Gasteiger partial charge in [-0.1, -0.05) is 12.1 Å². The van der Waals surface area contributed by atoms with Gasteiger partial charge in [0.2, 0.25) is 5.91 Å². The zero-order valence-corrected chi connectivity index (χ0v) is 14.6. The Bertz CT molecular complexity index is 958. The Morgan fingerprint density at radius 3 is 2.32 bits per heavy atom. The Balaban J connectivity index is 1.81. The van der Waals surface area contributed by atoms with Crippen molar-refractivity contribution in [2.24, 2.45) is 0 Å². The van der Waals surface area contributed by atoms with Gasteiger partial charge in [0.1, 0.15) is 18.2 Å². The van der Waals surface area contributed by atoms with Crippen molar-refractivity contribution >= 4 is 23.4 Å². The van der Waals surface area contributed by atoms with Crippen molar-refractivity contribution in [1.29, 1.82) is 10.5 Å². The van der Waals surface area contributed by atoms with E-state index in [-0.39, 0.29) is 24.3 Å². The normalized spacial score (nSPS) is 9.36. The molecule has 0 atom stereocenters. The number of nitrogens with zero attached hydrogens (tertiary/aromatic N) is 2. The molecule has 0 aliphatic heterocycles. The number of para-hydroxylation sites is 1. The minimum Gasteiger partial charge on any atom is -0.482 e. The maximum absolute atomic E-state index is 12.0. The molecule has 28 heavy (non-hydrogen) atoms. The molecule has 0 fully saturated rings. The van der Waals surface area contributed by atoms with Gasteiger partial charge < -0.3 is 10.1 Å². The maximum atomic E-state index is 12.0. The van der Waals surface area contributed by atoms with Crippen LogP contribution in [0.1, 0.15) is 22.3 Å². The minimum absolute atomic E-state index is 0.245. The van der Waals surface area contributed by atoms with Crippen molar-refractivity contribution in [3.63, 3.8) is 0 Å². The Labute approximate surface area is 160 Å². The first-order valence-corrected chi connectivity index (χ1v) is 8.01. The van der Waals surface area contributed by atoms with Gasteiger partial charge in [-0.2, -0.15) is 10.5 Å². The highest BCUT2D eigenvalue weighted by Crippen LogP contribution is 2.16. The lowest BCUT2D eigenvalue weighted by atomic mass is 10.2. The van der Waals surface area contributed by atoms with Crippen LogP contribution in [-0.2, 0) is 9.59 Å². The molecule has 2 aromatic rings. The van der Waals surface area contributed by atoms with E-state index in [1.165, 1.54) is 24.3 Å². The first-order valence-electron chi connectivity index (χ1n) is 8.01. The third-order valence-corrected chi connectivity index (χ3v) is 3.35. The summed E-state index contributed by atoms with van der Waals surface area (Å²) in [4.78, 5) is 35.1. The number of nitriles is 2. The van der Waals surface area contributed by atoms with Crippen molar-refractivity contribution in [1.82, 2.24) is 10.9 Å². The SMILES string of the molecule is N#CCC(=O)Nc1ccc(C(=O)NNC(=O)COc2ccccc2C#N)cc1. The van der Waals surface area contributed by atoms with Crippen molar-refractivity contribution in [2.45, 2.75) is 6.42 Å². The smallest absolute Gasteiger partial charge is 0.276 e. The lowest BCUT2D eigenvalue weighted by Crippen LogP contribution is -2.43. The molecule has 0 aliphatic rings. The van der Waals surface area contributed by atoms with E-state index < -0.39 is 17.7 Å². The van der Waals surface area contributed by atoms with Gasteiger partial charge >= 0.3 is 0 Å². The van der Waals surface area contributed by atoms with Gasteiger partial charge in [0.15, 0.2) is 6.61 Å². The number of rotatable bonds is 6. The van der Waals surface area contributed by atoms with E-state index in [0.717, 1.165) is 0 Å². The van der Waals surface area contributed by atoms with Gasteiger partial charge in [0, 0.05) is 11.3 Å². The van der Waals surface area contributed by atoms with Crippen LogP contribution in [-0.4, -0.2) is 24.3 Å². The molecule has 0 saturated carbocycles. The summed E-state index contributed by atoms with van der Waals surface area (Å²) in [5, 5.41) is 19.9. The van der Waals surface area contributed by atoms with Gasteiger partial charge in [-0.25, -0.2) is 0 Å². The molecule has 3 amide bonds. The first-order chi connectivity index (χ1) is 13.5. The Hall–Kier alpha value is -4.37. The molecule has 0 saturated heterocycles. The summed E-state index contributed by atoms with van der Waals surface area (Å²) in [7, 11) is 0. The number of amides is 3. The van der Waals surface area contributed by atoms with Crippen LogP contribution in [0, 0.1) is 22.7 Å². The monoisotopic (exact) mass is 377 g/mol. The highest BCUT2D eigenvalue weighted by atomic mass is 16.5. The number of nitrogens with one attached hydrogen (secondary N) is 3. The van der Waals surface area contributed by atoms with Gasteiger partial charge in [0.05, 0.1) is 11.6 Å². The lowest BCUT2D eigenvalue weighted by Gasteiger charge is -2.10. The number of anilines is 1. The van der Waals surface area contributed by atoms with E-state index >= 15 is 0 Å². The molecule has 0 unspecified atom stereocenters. The van der Waals surface area contributed by atoms with E-state index in [9.17, 15) is 14.4 Å². The molecule has 0 spiro atoms. The summed E-state index contributed by atoms with van der Waals surface area (Å²) >= 11 is 0. The minimum atomic E-state index is -0.610. The standard InChI is InChI=1S/C19H15N5O4/c20-10-9-17(25)22-15-7-5-13(6-8-15)19(27)24-23-18(26)12-28-16-4-2-1-3-14(16)11-21/h1-8H,9,12H2,(H,22,25)(H,23,26)(H,24,27). The summed E-state index contributed by atoms with van der Waals surface area (Å²) in [5.41, 5.74) is 5.40. The number of carbonyl (C=O) groups excluding carboxylic acids is 3. The molecule has 0 heterocycles. The van der Waals surface area contributed by atoms with Crippen LogP contribution in [0.5, 0.6) is 5.75 Å². The van der Waals surface area contributed by atoms with Gasteiger partial charge in [-0.05, 0) is 36.4 Å². The second-order valence-corrected chi connectivity index (χ2v) is 5.36. The zero-order chi connectivity index (χ0) is 20.4. The lowest BCUT2D eigenvalue weighted by molar-refractivity contribution is -0.123. The Morgan fingerprint density at radius 2 is 1.64 bits per heavy atom. The third kappa shape index (κ3) is 5.86. The summed E-state index contributed by atoms with van der Waals surface area (Å²) in [5.74, 6) is -1.37. The van der Waals surface area contributed by atoms with Crippen molar-refractivity contribution in [3.05, 3.63) is 59.7 Å². The highest BCUT2D eigenvalue weighted by molar-refractivity contribution is 5.97. The van der Waals surface area contributed by atoms with E-state index in [1.807, 2.05) is 6.07 Å². The highest BCUT2D eigenvalue weighted by Gasteiger charge is 2.10. The maximum Gasteiger partial charge on any atom is 0.276 e. The number of benzene rings is 2. The largest absolute Gasteiger partial charge is 0.482 e. The van der Waals surface area contributed by atoms with E-state index in [0.29, 0.717) is 11.3 Å². The average Bonchev–Trinajstić information content (AvgIpc) is 2.71.